The van der Waals surface area contributed by atoms with Crippen molar-refractivity contribution in [1.82, 2.24) is 5.43 Å². The minimum Gasteiger partial charge on any atom is -0.321 e. The molecule has 5 nitrogen and oxygen atoms in total. The van der Waals surface area contributed by atoms with Gasteiger partial charge in [0.15, 0.2) is 5.84 Å². The first-order chi connectivity index (χ1) is 7.19. The lowest BCUT2D eigenvalue weighted by atomic mass is 10.0. The summed E-state index contributed by atoms with van der Waals surface area (Å²) < 4.78 is 0. The summed E-state index contributed by atoms with van der Waals surface area (Å²) in [6.45, 7) is 0. The molecule has 0 amide bonds. The Morgan fingerprint density at radius 3 is 2.27 bits per heavy atom. The van der Waals surface area contributed by atoms with E-state index in [1.54, 1.807) is 0 Å². The first-order valence-electron chi connectivity index (χ1n) is 4.84. The maximum absolute atomic E-state index is 6.06. The summed E-state index contributed by atoms with van der Waals surface area (Å²) in [6.07, 6.45) is 2.11. The molecular weight excluding hydrogens is 190 g/mol. The van der Waals surface area contributed by atoms with Crippen LogP contribution in [-0.2, 0) is 5.54 Å². The molecule has 1 aromatic rings. The normalized spacial score (nSPS) is 18.7. The lowest BCUT2D eigenvalue weighted by Gasteiger charge is -2.10. The van der Waals surface area contributed by atoms with E-state index >= 15 is 0 Å². The maximum Gasteiger partial charge on any atom is 0.166 e. The number of hydrazine groups is 1. The van der Waals surface area contributed by atoms with Crippen molar-refractivity contribution in [3.05, 3.63) is 35.4 Å². The van der Waals surface area contributed by atoms with Gasteiger partial charge in [-0.1, -0.05) is 24.3 Å². The number of nitrogens with zero attached hydrogens (tertiary/aromatic N) is 1. The summed E-state index contributed by atoms with van der Waals surface area (Å²) in [4.78, 5) is 0. The smallest absolute Gasteiger partial charge is 0.166 e. The van der Waals surface area contributed by atoms with E-state index in [4.69, 9.17) is 17.4 Å². The molecule has 1 aromatic carbocycles. The van der Waals surface area contributed by atoms with Gasteiger partial charge in [0.1, 0.15) is 0 Å². The van der Waals surface area contributed by atoms with Crippen molar-refractivity contribution in [1.29, 1.82) is 0 Å². The monoisotopic (exact) mass is 205 g/mol. The van der Waals surface area contributed by atoms with E-state index in [1.165, 1.54) is 0 Å². The number of rotatable bonds is 2. The van der Waals surface area contributed by atoms with E-state index in [0.717, 1.165) is 24.0 Å². The minimum absolute atomic E-state index is 0.102. The summed E-state index contributed by atoms with van der Waals surface area (Å²) in [5, 5.41) is 3.53. The van der Waals surface area contributed by atoms with Crippen molar-refractivity contribution in [2.45, 2.75) is 18.4 Å². The lowest BCUT2D eigenvalue weighted by Crippen LogP contribution is -2.32. The van der Waals surface area contributed by atoms with E-state index in [0.29, 0.717) is 5.84 Å². The Labute approximate surface area is 88.3 Å². The number of hydrogen-bond acceptors (Lipinski definition) is 4. The van der Waals surface area contributed by atoms with Gasteiger partial charge < -0.3 is 17.0 Å². The molecule has 7 N–H and O–H groups in total. The Balaban J connectivity index is 2.24. The fraction of sp³-hybridized carbons (Fsp3) is 0.300. The number of nitrogens with one attached hydrogen (secondary N) is 1. The molecule has 0 unspecified atom stereocenters. The SMILES string of the molecule is N/N=C(\NN)c1ccc(C2(N)CC2)cc1. The maximum atomic E-state index is 6.06. The Kier molecular flexibility index (Phi) is 2.34. The van der Waals surface area contributed by atoms with Crippen molar-refractivity contribution < 1.29 is 0 Å². The van der Waals surface area contributed by atoms with Gasteiger partial charge in [0.2, 0.25) is 0 Å². The van der Waals surface area contributed by atoms with Crippen LogP contribution in [0.2, 0.25) is 0 Å². The van der Waals surface area contributed by atoms with Gasteiger partial charge in [-0.3, -0.25) is 0 Å². The van der Waals surface area contributed by atoms with E-state index in [2.05, 4.69) is 10.5 Å². The number of hydrogen-bond donors (Lipinski definition) is 4. The van der Waals surface area contributed by atoms with Crippen LogP contribution in [0.5, 0.6) is 0 Å². The summed E-state index contributed by atoms with van der Waals surface area (Å²) in [7, 11) is 0. The van der Waals surface area contributed by atoms with Gasteiger partial charge in [-0.25, -0.2) is 5.84 Å². The fourth-order valence-electron chi connectivity index (χ4n) is 1.58. The molecular formula is C10H15N5. The molecule has 0 atom stereocenters. The van der Waals surface area contributed by atoms with E-state index in [-0.39, 0.29) is 5.54 Å². The molecule has 0 radical (unpaired) electrons. The van der Waals surface area contributed by atoms with Crippen molar-refractivity contribution in [3.8, 4) is 0 Å². The second-order valence-corrected chi connectivity index (χ2v) is 3.86. The standard InChI is InChI=1S/C10H15N5/c11-10(5-6-10)8-3-1-7(2-4-8)9(14-12)15-13/h1-4H,5-6,11-13H2,(H,14,15). The molecule has 5 heteroatoms. The zero-order valence-electron chi connectivity index (χ0n) is 8.40. The van der Waals surface area contributed by atoms with E-state index in [9.17, 15) is 0 Å². The Morgan fingerprint density at radius 1 is 1.27 bits per heavy atom. The molecule has 15 heavy (non-hydrogen) atoms. The van der Waals surface area contributed by atoms with Gasteiger partial charge in [-0.15, -0.1) is 0 Å². The van der Waals surface area contributed by atoms with Gasteiger partial charge in [-0.05, 0) is 18.4 Å². The number of hydrazone groups is 1. The van der Waals surface area contributed by atoms with Gasteiger partial charge in [0.25, 0.3) is 0 Å². The first kappa shape index (κ1) is 9.95. The zero-order chi connectivity index (χ0) is 10.9. The molecule has 1 aliphatic carbocycles. The predicted molar refractivity (Wildman–Crippen MR) is 59.6 cm³/mol. The van der Waals surface area contributed by atoms with Crippen LogP contribution in [0, 0.1) is 0 Å². The molecule has 1 aliphatic rings. The topological polar surface area (TPSA) is 102 Å². The van der Waals surface area contributed by atoms with Crippen molar-refractivity contribution >= 4 is 5.84 Å². The Hall–Kier alpha value is -1.59. The Bertz CT molecular complexity index is 377. The Morgan fingerprint density at radius 2 is 1.87 bits per heavy atom. The third-order valence-corrected chi connectivity index (χ3v) is 2.79. The molecule has 1 saturated carbocycles. The van der Waals surface area contributed by atoms with Crippen LogP contribution in [0.15, 0.2) is 29.4 Å². The number of amidine groups is 1. The molecule has 0 saturated heterocycles. The highest BCUT2D eigenvalue weighted by Crippen LogP contribution is 2.42. The molecule has 2 rings (SSSR count). The highest BCUT2D eigenvalue weighted by atomic mass is 15.3. The average molecular weight is 205 g/mol. The van der Waals surface area contributed by atoms with Crippen LogP contribution in [0.25, 0.3) is 0 Å². The third kappa shape index (κ3) is 1.79. The van der Waals surface area contributed by atoms with Crippen LogP contribution in [0.3, 0.4) is 0 Å². The van der Waals surface area contributed by atoms with Crippen LogP contribution in [0.4, 0.5) is 0 Å². The minimum atomic E-state index is -0.102. The first-order valence-corrected chi connectivity index (χ1v) is 4.84. The molecule has 80 valence electrons. The van der Waals surface area contributed by atoms with Crippen LogP contribution in [-0.4, -0.2) is 5.84 Å². The number of benzene rings is 1. The van der Waals surface area contributed by atoms with Crippen molar-refractivity contribution in [2.24, 2.45) is 22.5 Å². The van der Waals surface area contributed by atoms with Gasteiger partial charge in [-0.2, -0.15) is 5.10 Å². The number of nitrogens with two attached hydrogens (primary N) is 3. The molecule has 0 aromatic heterocycles. The largest absolute Gasteiger partial charge is 0.321 e. The highest BCUT2D eigenvalue weighted by molar-refractivity contribution is 5.98. The van der Waals surface area contributed by atoms with E-state index in [1.807, 2.05) is 24.3 Å². The molecule has 0 spiro atoms. The molecule has 1 fully saturated rings. The van der Waals surface area contributed by atoms with Crippen LogP contribution >= 0.6 is 0 Å². The highest BCUT2D eigenvalue weighted by Gasteiger charge is 2.39. The lowest BCUT2D eigenvalue weighted by molar-refractivity contribution is 0.740. The second-order valence-electron chi connectivity index (χ2n) is 3.86. The predicted octanol–water partition coefficient (Wildman–Crippen LogP) is -0.282. The quantitative estimate of drug-likeness (QED) is 0.231. The van der Waals surface area contributed by atoms with Gasteiger partial charge in [0, 0.05) is 11.1 Å². The summed E-state index contributed by atoms with van der Waals surface area (Å²) in [5.41, 5.74) is 10.4. The molecule has 0 heterocycles. The fourth-order valence-corrected chi connectivity index (χ4v) is 1.58. The molecule has 0 bridgehead atoms. The average Bonchev–Trinajstić information content (AvgIpc) is 3.01. The summed E-state index contributed by atoms with van der Waals surface area (Å²) >= 11 is 0. The van der Waals surface area contributed by atoms with E-state index < -0.39 is 0 Å². The van der Waals surface area contributed by atoms with Gasteiger partial charge >= 0.3 is 0 Å². The van der Waals surface area contributed by atoms with Gasteiger partial charge in [0.05, 0.1) is 0 Å². The van der Waals surface area contributed by atoms with Crippen LogP contribution in [0.1, 0.15) is 24.0 Å². The summed E-state index contributed by atoms with van der Waals surface area (Å²) in [6, 6.07) is 7.80. The zero-order valence-corrected chi connectivity index (χ0v) is 8.40. The van der Waals surface area contributed by atoms with Crippen molar-refractivity contribution in [2.75, 3.05) is 0 Å². The molecule has 0 aliphatic heterocycles. The van der Waals surface area contributed by atoms with Crippen molar-refractivity contribution in [3.63, 3.8) is 0 Å². The second kappa shape index (κ2) is 3.52. The summed E-state index contributed by atoms with van der Waals surface area (Å²) in [5.74, 6) is 10.9. The third-order valence-electron chi connectivity index (χ3n) is 2.79. The van der Waals surface area contributed by atoms with Crippen LogP contribution < -0.4 is 22.8 Å².